The zero-order chi connectivity index (χ0) is 13.3. The Morgan fingerprint density at radius 2 is 2.11 bits per heavy atom. The van der Waals surface area contributed by atoms with Crippen LogP contribution >= 0.6 is 15.9 Å². The summed E-state index contributed by atoms with van der Waals surface area (Å²) in [6.45, 7) is 6.10. The summed E-state index contributed by atoms with van der Waals surface area (Å²) in [5, 5.41) is 4.51. The Hall–Kier alpha value is -1.42. The number of rotatable bonds is 3. The van der Waals surface area contributed by atoms with Crippen molar-refractivity contribution in [2.45, 2.75) is 26.7 Å². The second-order valence-corrected chi connectivity index (χ2v) is 5.53. The lowest BCUT2D eigenvalue weighted by atomic mass is 10.1. The lowest BCUT2D eigenvalue weighted by Crippen LogP contribution is -1.99. The molecule has 1 aromatic heterocycles. The fourth-order valence-corrected chi connectivity index (χ4v) is 2.42. The van der Waals surface area contributed by atoms with E-state index in [1.165, 1.54) is 0 Å². The van der Waals surface area contributed by atoms with Gasteiger partial charge in [-0.2, -0.15) is 5.10 Å². The largest absolute Gasteiger partial charge is 0.298 e. The van der Waals surface area contributed by atoms with Gasteiger partial charge in [-0.15, -0.1) is 0 Å². The van der Waals surface area contributed by atoms with Gasteiger partial charge in [0.1, 0.15) is 0 Å². The molecule has 0 aliphatic carbocycles. The van der Waals surface area contributed by atoms with Gasteiger partial charge in [0.15, 0.2) is 6.29 Å². The SMILES string of the molecule is Cc1cc(Br)ccc1-n1cc(C=O)c(C(C)C)n1. The minimum Gasteiger partial charge on any atom is -0.298 e. The zero-order valence-corrected chi connectivity index (χ0v) is 12.2. The summed E-state index contributed by atoms with van der Waals surface area (Å²) < 4.78 is 2.82. The molecule has 0 saturated carbocycles. The molecule has 0 unspecified atom stereocenters. The minimum atomic E-state index is 0.238. The summed E-state index contributed by atoms with van der Waals surface area (Å²) in [6, 6.07) is 6.00. The normalized spacial score (nSPS) is 10.9. The first kappa shape index (κ1) is 13.0. The molecule has 1 aromatic carbocycles. The molecule has 18 heavy (non-hydrogen) atoms. The molecule has 0 spiro atoms. The lowest BCUT2D eigenvalue weighted by molar-refractivity contribution is 0.112. The summed E-state index contributed by atoms with van der Waals surface area (Å²) in [5.74, 6) is 0.238. The number of halogens is 1. The van der Waals surface area contributed by atoms with E-state index in [1.807, 2.05) is 39.0 Å². The molecule has 0 atom stereocenters. The van der Waals surface area contributed by atoms with Gasteiger partial charge in [0.05, 0.1) is 16.9 Å². The molecular formula is C14H15BrN2O. The molecular weight excluding hydrogens is 292 g/mol. The molecule has 0 fully saturated rings. The molecule has 3 nitrogen and oxygen atoms in total. The van der Waals surface area contributed by atoms with E-state index in [2.05, 4.69) is 21.0 Å². The van der Waals surface area contributed by atoms with Gasteiger partial charge in [-0.1, -0.05) is 29.8 Å². The van der Waals surface area contributed by atoms with Crippen molar-refractivity contribution in [2.75, 3.05) is 0 Å². The average molecular weight is 307 g/mol. The molecule has 0 saturated heterocycles. The van der Waals surface area contributed by atoms with Crippen molar-refractivity contribution in [1.29, 1.82) is 0 Å². The standard InChI is InChI=1S/C14H15BrN2O/c1-9(2)14-11(8-18)7-17(16-14)13-5-4-12(15)6-10(13)3/h4-9H,1-3H3. The van der Waals surface area contributed by atoms with Crippen molar-refractivity contribution in [3.05, 3.63) is 45.7 Å². The maximum absolute atomic E-state index is 11.1. The number of hydrogen-bond acceptors (Lipinski definition) is 2. The van der Waals surface area contributed by atoms with Crippen LogP contribution in [-0.4, -0.2) is 16.1 Å². The highest BCUT2D eigenvalue weighted by atomic mass is 79.9. The molecule has 0 aliphatic rings. The molecule has 0 bridgehead atoms. The van der Waals surface area contributed by atoms with Crippen LogP contribution in [0.25, 0.3) is 5.69 Å². The first-order valence-corrected chi connectivity index (χ1v) is 6.63. The summed E-state index contributed by atoms with van der Waals surface area (Å²) in [6.07, 6.45) is 2.66. The Bertz CT molecular complexity index is 587. The van der Waals surface area contributed by atoms with Gasteiger partial charge in [0.2, 0.25) is 0 Å². The quantitative estimate of drug-likeness (QED) is 0.807. The number of carbonyl (C=O) groups is 1. The number of carbonyl (C=O) groups excluding carboxylic acids is 1. The van der Waals surface area contributed by atoms with Crippen LogP contribution in [0.2, 0.25) is 0 Å². The summed E-state index contributed by atoms with van der Waals surface area (Å²) in [4.78, 5) is 11.1. The Morgan fingerprint density at radius 1 is 1.39 bits per heavy atom. The summed E-state index contributed by atoms with van der Waals surface area (Å²) >= 11 is 3.44. The Balaban J connectivity index is 2.54. The monoisotopic (exact) mass is 306 g/mol. The number of aldehydes is 1. The second-order valence-electron chi connectivity index (χ2n) is 4.62. The van der Waals surface area contributed by atoms with Gasteiger partial charge in [-0.3, -0.25) is 4.79 Å². The van der Waals surface area contributed by atoms with Crippen LogP contribution in [0.3, 0.4) is 0 Å². The van der Waals surface area contributed by atoms with Crippen molar-refractivity contribution in [3.8, 4) is 5.69 Å². The van der Waals surface area contributed by atoms with E-state index in [-0.39, 0.29) is 5.92 Å². The van der Waals surface area contributed by atoms with E-state index in [9.17, 15) is 4.79 Å². The van der Waals surface area contributed by atoms with Gasteiger partial charge in [0.25, 0.3) is 0 Å². The highest BCUT2D eigenvalue weighted by molar-refractivity contribution is 9.10. The maximum Gasteiger partial charge on any atom is 0.153 e. The van der Waals surface area contributed by atoms with Gasteiger partial charge in [-0.25, -0.2) is 4.68 Å². The first-order chi connectivity index (χ1) is 8.52. The van der Waals surface area contributed by atoms with Crippen LogP contribution in [0.5, 0.6) is 0 Å². The van der Waals surface area contributed by atoms with Crippen molar-refractivity contribution in [3.63, 3.8) is 0 Å². The molecule has 2 aromatic rings. The predicted molar refractivity (Wildman–Crippen MR) is 75.5 cm³/mol. The number of nitrogens with zero attached hydrogens (tertiary/aromatic N) is 2. The number of aryl methyl sites for hydroxylation is 1. The maximum atomic E-state index is 11.1. The predicted octanol–water partition coefficient (Wildman–Crippen LogP) is 3.88. The van der Waals surface area contributed by atoms with Crippen LogP contribution in [0.15, 0.2) is 28.9 Å². The number of aromatic nitrogens is 2. The van der Waals surface area contributed by atoms with E-state index in [1.54, 1.807) is 10.9 Å². The smallest absolute Gasteiger partial charge is 0.153 e. The van der Waals surface area contributed by atoms with Crippen molar-refractivity contribution >= 4 is 22.2 Å². The van der Waals surface area contributed by atoms with E-state index >= 15 is 0 Å². The second kappa shape index (κ2) is 5.06. The van der Waals surface area contributed by atoms with Crippen LogP contribution in [0.1, 0.15) is 41.4 Å². The first-order valence-electron chi connectivity index (χ1n) is 5.84. The Kier molecular flexibility index (Phi) is 3.66. The highest BCUT2D eigenvalue weighted by Crippen LogP contribution is 2.22. The average Bonchev–Trinajstić information content (AvgIpc) is 2.73. The van der Waals surface area contributed by atoms with Gasteiger partial charge in [0, 0.05) is 10.7 Å². The minimum absolute atomic E-state index is 0.238. The lowest BCUT2D eigenvalue weighted by Gasteiger charge is -2.06. The van der Waals surface area contributed by atoms with Gasteiger partial charge in [-0.05, 0) is 36.6 Å². The Morgan fingerprint density at radius 3 is 2.61 bits per heavy atom. The molecule has 94 valence electrons. The molecule has 4 heteroatoms. The number of benzene rings is 1. The topological polar surface area (TPSA) is 34.9 Å². The van der Waals surface area contributed by atoms with Crippen LogP contribution in [0.4, 0.5) is 0 Å². The van der Waals surface area contributed by atoms with Crippen LogP contribution in [-0.2, 0) is 0 Å². The molecule has 2 rings (SSSR count). The van der Waals surface area contributed by atoms with Crippen LogP contribution < -0.4 is 0 Å². The van der Waals surface area contributed by atoms with Crippen LogP contribution in [0, 0.1) is 6.92 Å². The Labute approximate surface area is 115 Å². The summed E-state index contributed by atoms with van der Waals surface area (Å²) in [7, 11) is 0. The van der Waals surface area contributed by atoms with Gasteiger partial charge >= 0.3 is 0 Å². The van der Waals surface area contributed by atoms with Crippen molar-refractivity contribution < 1.29 is 4.79 Å². The molecule has 1 heterocycles. The zero-order valence-electron chi connectivity index (χ0n) is 10.6. The van der Waals surface area contributed by atoms with E-state index in [4.69, 9.17) is 0 Å². The van der Waals surface area contributed by atoms with Crippen molar-refractivity contribution in [2.24, 2.45) is 0 Å². The molecule has 0 aliphatic heterocycles. The fourth-order valence-electron chi connectivity index (χ4n) is 1.94. The third kappa shape index (κ3) is 2.38. The fraction of sp³-hybridized carbons (Fsp3) is 0.286. The van der Waals surface area contributed by atoms with Crippen molar-refractivity contribution in [1.82, 2.24) is 9.78 Å². The van der Waals surface area contributed by atoms with E-state index in [0.717, 1.165) is 27.7 Å². The third-order valence-corrected chi connectivity index (χ3v) is 3.35. The molecule has 0 N–H and O–H groups in total. The van der Waals surface area contributed by atoms with E-state index in [0.29, 0.717) is 5.56 Å². The summed E-state index contributed by atoms with van der Waals surface area (Å²) in [5.41, 5.74) is 3.60. The van der Waals surface area contributed by atoms with E-state index < -0.39 is 0 Å². The van der Waals surface area contributed by atoms with Gasteiger partial charge < -0.3 is 0 Å². The molecule has 0 amide bonds. The highest BCUT2D eigenvalue weighted by Gasteiger charge is 2.13. The third-order valence-electron chi connectivity index (χ3n) is 2.85. The number of hydrogen-bond donors (Lipinski definition) is 0. The molecule has 0 radical (unpaired) electrons.